The number of aliphatic hydroxyl groups excluding tert-OH is 28. The molecule has 0 radical (unpaired) electrons. The third-order valence-corrected chi connectivity index (χ3v) is 25.3. The number of hydrogen-bond donors (Lipinski definition) is 34. The summed E-state index contributed by atoms with van der Waals surface area (Å²) < 4.78 is 127. The van der Waals surface area contributed by atoms with E-state index in [0.29, 0.717) is 0 Å². The van der Waals surface area contributed by atoms with E-state index in [9.17, 15) is 172 Å². The number of hydrogen-bond acceptors (Lipinski definition) is 55. The van der Waals surface area contributed by atoms with Gasteiger partial charge in [-0.25, -0.2) is 0 Å². The molecule has 0 aromatic rings. The molecular formula is C78H130N6O55. The molecule has 11 aliphatic heterocycles. The van der Waals surface area contributed by atoms with E-state index in [1.807, 2.05) is 0 Å². The first-order chi connectivity index (χ1) is 65.6. The quantitative estimate of drug-likeness (QED) is 0.0277. The van der Waals surface area contributed by atoms with E-state index >= 15 is 0 Å². The zero-order valence-corrected chi connectivity index (χ0v) is 75.4. The Morgan fingerprint density at radius 1 is 0.201 bits per heavy atom. The second kappa shape index (κ2) is 50.0. The number of aliphatic hydroxyl groups is 28. The second-order valence-electron chi connectivity index (χ2n) is 35.3. The van der Waals surface area contributed by atoms with E-state index in [0.717, 1.165) is 41.5 Å². The number of amides is 6. The fourth-order valence-corrected chi connectivity index (χ4v) is 18.0. The van der Waals surface area contributed by atoms with Gasteiger partial charge >= 0.3 is 0 Å². The van der Waals surface area contributed by atoms with E-state index < -0.39 is 439 Å². The normalized spacial score (nSPS) is 48.3. The fourth-order valence-electron chi connectivity index (χ4n) is 18.0. The molecule has 802 valence electrons. The third kappa shape index (κ3) is 26.0. The molecule has 11 saturated heterocycles. The topological polar surface area (TPSA) is 935 Å². The first-order valence-electron chi connectivity index (χ1n) is 44.5. The van der Waals surface area contributed by atoms with Crippen LogP contribution in [0.2, 0.25) is 0 Å². The van der Waals surface area contributed by atoms with E-state index in [2.05, 4.69) is 31.9 Å². The molecule has 6 amide bonds. The van der Waals surface area contributed by atoms with E-state index in [4.69, 9.17) is 99.5 Å². The summed E-state index contributed by atoms with van der Waals surface area (Å²) >= 11 is 0. The van der Waals surface area contributed by atoms with Gasteiger partial charge in [0.1, 0.15) is 262 Å². The van der Waals surface area contributed by atoms with E-state index in [1.165, 1.54) is 6.92 Å². The molecule has 0 bridgehead atoms. The van der Waals surface area contributed by atoms with Crippen molar-refractivity contribution >= 4 is 35.4 Å². The largest absolute Gasteiger partial charge is 0.394 e. The van der Waals surface area contributed by atoms with Crippen molar-refractivity contribution in [1.82, 2.24) is 31.9 Å². The summed E-state index contributed by atoms with van der Waals surface area (Å²) in [6, 6.07) is -11.5. The minimum atomic E-state index is -2.75. The van der Waals surface area contributed by atoms with Gasteiger partial charge in [-0.05, 0) is 6.92 Å². The maximum Gasteiger partial charge on any atom is 0.217 e. The minimum Gasteiger partial charge on any atom is -0.394 e. The Balaban J connectivity index is 0.983. The molecule has 61 nitrogen and oxygen atoms in total. The first kappa shape index (κ1) is 114. The summed E-state index contributed by atoms with van der Waals surface area (Å²) in [5.41, 5.74) is 0. The van der Waals surface area contributed by atoms with Crippen LogP contribution in [0.5, 0.6) is 0 Å². The van der Waals surface area contributed by atoms with Gasteiger partial charge in [0.05, 0.1) is 72.2 Å². The van der Waals surface area contributed by atoms with Crippen molar-refractivity contribution in [1.29, 1.82) is 0 Å². The number of ether oxygens (including phenoxy) is 21. The highest BCUT2D eigenvalue weighted by Gasteiger charge is 2.63. The van der Waals surface area contributed by atoms with Gasteiger partial charge in [-0.1, -0.05) is 0 Å². The summed E-state index contributed by atoms with van der Waals surface area (Å²) in [7, 11) is 0. The van der Waals surface area contributed by atoms with Crippen LogP contribution in [0, 0.1) is 0 Å². The summed E-state index contributed by atoms with van der Waals surface area (Å²) in [5, 5.41) is 332. The Hall–Kier alpha value is -5.14. The van der Waals surface area contributed by atoms with Gasteiger partial charge in [-0.2, -0.15) is 0 Å². The first-order valence-corrected chi connectivity index (χ1v) is 44.5. The molecule has 0 aromatic heterocycles. The van der Waals surface area contributed by atoms with Gasteiger partial charge in [0, 0.05) is 41.5 Å². The lowest BCUT2D eigenvalue weighted by Gasteiger charge is -2.52. The highest BCUT2D eigenvalue weighted by Crippen LogP contribution is 2.42. The van der Waals surface area contributed by atoms with Crippen LogP contribution in [0.15, 0.2) is 0 Å². The molecule has 61 heteroatoms. The Labute approximate surface area is 788 Å². The standard InChI is InChI=1S/C78H130N6O55/c1-18-41(98)54(111)57(114)74(122-18)120-17-34-64(51(108)35(68(118)123-34)79-19(2)92)134-73-40(84-24(7)97)53(110)62(30(13-90)129-73)136-76-60(117)65(137-78-67(139-72-38(82-22(5)95)50(107)44(101)27(10-87)126-72)59(116)63(31(14-91)130-78)133-70-36(80-20(3)93)48(105)42(99)25(8-85)124-70)47(104)33(131-76)16-121-77-66(138-71-37(81-21(4)94)49(106)43(100)26(9-86)125-71)56(113)46(103)32(132-77)15-119-69-39(83-23(6)96)52(109)61(29(12-89)128-69)135-75-58(115)55(112)45(102)28(11-88)127-75/h18,25-78,85-91,98-118H,8-17H2,1-7H3,(H,79,92)(H,80,93)(H,81,94)(H,82,95)(H,83,96)(H,84,97)/t18-,25-,26-,27-,28-,29-,30-,31-,32-,33-,34-,35-,36-,37-,38-,39-,40-,41+,42-,43-,44-,45+,46-,47-,48-,49-,50-,51-,52-,53-,54+,55+,56+,57-,58-,59+,60+,61-,62-,63-,64-,65+,66+,67+,68-,69-,70+,71+,72+,73+,74+,75+,76+,77+,78-/m1/s1. The van der Waals surface area contributed by atoms with Crippen molar-refractivity contribution in [2.24, 2.45) is 0 Å². The summed E-state index contributed by atoms with van der Waals surface area (Å²) in [6.45, 7) is -4.51. The van der Waals surface area contributed by atoms with Crippen molar-refractivity contribution in [3.05, 3.63) is 0 Å². The monoisotopic (exact) mass is 2030 g/mol. The molecule has 11 heterocycles. The summed E-state index contributed by atoms with van der Waals surface area (Å²) in [4.78, 5) is 77.6. The molecule has 0 spiro atoms. The number of rotatable bonds is 36. The Morgan fingerprint density at radius 2 is 0.460 bits per heavy atom. The van der Waals surface area contributed by atoms with E-state index in [1.54, 1.807) is 0 Å². The van der Waals surface area contributed by atoms with Gasteiger partial charge in [-0.3, -0.25) is 28.8 Å². The van der Waals surface area contributed by atoms with Crippen LogP contribution in [0.4, 0.5) is 0 Å². The van der Waals surface area contributed by atoms with E-state index in [-0.39, 0.29) is 0 Å². The van der Waals surface area contributed by atoms with Gasteiger partial charge in [0.2, 0.25) is 35.4 Å². The van der Waals surface area contributed by atoms with Crippen LogP contribution in [0.25, 0.3) is 0 Å². The SMILES string of the molecule is CC(=O)N[C@@H]1[C@@H](O)[C@H](O[C@@H]2O[C@H](CO)[C@@H](O[C@@H]3O[C@H](CO[C@H]4O[C@H](CO[C@@H]5O[C@H](CO)[C@@H](O[C@@H]6O[C@H](CO)[C@H](O)[C@H](O)[C@H]6O)[C@H](O)[C@H]5NC(C)=O)[C@@H](O)[C@H](O)[C@@H]4O[C@@H]4O[C@H](CO)[C@@H](O)[C@H](O)[C@H]4NC(C)=O)[C@@H](O)[C@H](O[C@H]4O[C@H](CO)[C@@H](O[C@@H]5O[C@H](CO)[C@@H](O)[C@H](O)[C@H]5NC(C)=O)[C@H](O)[C@@H]4O[C@@H]4O[C@H](CO)[C@@H](O)[C@H](O)[C@H]4NC(C)=O)[C@@H]3O)[C@H](O)[C@H]2NC(C)=O)[C@@H](CO[C@H]2O[C@H](C)[C@H](O)[C@H](O)[C@H]2O)O[C@H]1O. The lowest BCUT2D eigenvalue weighted by atomic mass is 9.93. The molecule has 0 aromatic carbocycles. The average molecular weight is 2030 g/mol. The lowest BCUT2D eigenvalue weighted by Crippen LogP contribution is -2.71. The van der Waals surface area contributed by atoms with Crippen LogP contribution in [0.3, 0.4) is 0 Å². The molecule has 11 rings (SSSR count). The number of carbonyl (C=O) groups is 6. The van der Waals surface area contributed by atoms with Gasteiger partial charge in [-0.15, -0.1) is 0 Å². The molecule has 0 unspecified atom stereocenters. The molecule has 55 atom stereocenters. The van der Waals surface area contributed by atoms with Crippen molar-refractivity contribution in [3.8, 4) is 0 Å². The zero-order chi connectivity index (χ0) is 102. The fraction of sp³-hybridized carbons (Fsp3) is 0.923. The van der Waals surface area contributed by atoms with Gasteiger partial charge < -0.3 is 274 Å². The molecule has 0 aliphatic carbocycles. The maximum atomic E-state index is 13.5. The molecule has 34 N–H and O–H groups in total. The lowest BCUT2D eigenvalue weighted by molar-refractivity contribution is -0.403. The van der Waals surface area contributed by atoms with Crippen molar-refractivity contribution in [2.75, 3.05) is 66.1 Å². The van der Waals surface area contributed by atoms with Gasteiger partial charge in [0.25, 0.3) is 0 Å². The second-order valence-corrected chi connectivity index (χ2v) is 35.3. The minimum absolute atomic E-state index is 0.875. The Kier molecular flexibility index (Phi) is 41.1. The smallest absolute Gasteiger partial charge is 0.217 e. The van der Waals surface area contributed by atoms with Crippen LogP contribution in [0.1, 0.15) is 48.5 Å². The van der Waals surface area contributed by atoms with Crippen molar-refractivity contribution in [3.63, 3.8) is 0 Å². The predicted molar refractivity (Wildman–Crippen MR) is 430 cm³/mol. The summed E-state index contributed by atoms with van der Waals surface area (Å²) in [6.07, 6.45) is -104. The highest BCUT2D eigenvalue weighted by molar-refractivity contribution is 5.75. The molecular weight excluding hydrogens is 1900 g/mol. The molecule has 11 fully saturated rings. The predicted octanol–water partition coefficient (Wildman–Crippen LogP) is -23.1. The zero-order valence-electron chi connectivity index (χ0n) is 75.4. The average Bonchev–Trinajstić information content (AvgIpc) is 0.758. The summed E-state index contributed by atoms with van der Waals surface area (Å²) in [5.74, 6) is -5.67. The van der Waals surface area contributed by atoms with Crippen LogP contribution >= 0.6 is 0 Å². The molecule has 11 aliphatic rings. The van der Waals surface area contributed by atoms with Crippen LogP contribution < -0.4 is 31.9 Å². The highest BCUT2D eigenvalue weighted by atomic mass is 16.8. The third-order valence-electron chi connectivity index (χ3n) is 25.3. The van der Waals surface area contributed by atoms with Crippen LogP contribution in [-0.2, 0) is 128 Å². The molecule has 0 saturated carbocycles. The van der Waals surface area contributed by atoms with Gasteiger partial charge in [0.15, 0.2) is 69.2 Å². The Morgan fingerprint density at radius 3 is 0.885 bits per heavy atom. The molecule has 139 heavy (non-hydrogen) atoms. The van der Waals surface area contributed by atoms with Crippen molar-refractivity contribution in [2.45, 2.75) is 386 Å². The number of nitrogens with one attached hydrogen (secondary N) is 6. The van der Waals surface area contributed by atoms with Crippen molar-refractivity contribution < 1.29 is 271 Å². The maximum absolute atomic E-state index is 13.5. The Bertz CT molecular complexity index is 3900. The van der Waals surface area contributed by atoms with Crippen LogP contribution in [-0.4, -0.2) is 582 Å². The number of carbonyl (C=O) groups excluding carboxylic acids is 6.